The Balaban J connectivity index is 2.20. The second-order valence-corrected chi connectivity index (χ2v) is 3.93. The maximum absolute atomic E-state index is 13.6. The quantitative estimate of drug-likeness (QED) is 0.840. The molecule has 0 aliphatic carbocycles. The number of hydrogen-bond donors (Lipinski definition) is 1. The molecule has 92 valence electrons. The van der Waals surface area contributed by atoms with E-state index in [4.69, 9.17) is 0 Å². The Morgan fingerprint density at radius 1 is 1.33 bits per heavy atom. The molecular formula is C14H13FN2O. The number of rotatable bonds is 4. The predicted molar refractivity (Wildman–Crippen MR) is 68.0 cm³/mol. The fraction of sp³-hybridized carbons (Fsp3) is 0.143. The summed E-state index contributed by atoms with van der Waals surface area (Å²) >= 11 is 0. The third-order valence-corrected chi connectivity index (χ3v) is 2.57. The van der Waals surface area contributed by atoms with Crippen LogP contribution in [0.4, 0.5) is 10.1 Å². The van der Waals surface area contributed by atoms with Crippen molar-refractivity contribution in [2.75, 3.05) is 5.32 Å². The number of carbonyl (C=O) groups excluding carboxylic acids is 1. The molecular weight excluding hydrogens is 231 g/mol. The minimum Gasteiger partial charge on any atom is -0.380 e. The number of hydrogen-bond acceptors (Lipinski definition) is 3. The van der Waals surface area contributed by atoms with Crippen LogP contribution in [-0.4, -0.2) is 10.8 Å². The Hall–Kier alpha value is -2.23. The van der Waals surface area contributed by atoms with E-state index in [2.05, 4.69) is 10.3 Å². The van der Waals surface area contributed by atoms with Gasteiger partial charge in [0, 0.05) is 24.6 Å². The molecule has 4 heteroatoms. The molecule has 0 aliphatic rings. The van der Waals surface area contributed by atoms with E-state index in [9.17, 15) is 9.18 Å². The molecule has 1 aromatic carbocycles. The fourth-order valence-corrected chi connectivity index (χ4v) is 1.73. The number of halogens is 1. The molecule has 0 saturated carbocycles. The average molecular weight is 244 g/mol. The normalized spacial score (nSPS) is 10.1. The molecule has 0 saturated heterocycles. The van der Waals surface area contributed by atoms with Crippen LogP contribution in [0.2, 0.25) is 0 Å². The molecule has 2 rings (SSSR count). The number of ketones is 1. The molecule has 1 aromatic heterocycles. The topological polar surface area (TPSA) is 42.0 Å². The number of nitrogens with one attached hydrogen (secondary N) is 1. The highest BCUT2D eigenvalue weighted by molar-refractivity contribution is 5.99. The van der Waals surface area contributed by atoms with Gasteiger partial charge in [0.05, 0.1) is 5.56 Å². The molecule has 3 nitrogen and oxygen atoms in total. The van der Waals surface area contributed by atoms with Crippen molar-refractivity contribution < 1.29 is 9.18 Å². The number of pyridine rings is 1. The number of Topliss-reactive ketones (excluding diaryl/α,β-unsaturated/α-hetero) is 1. The first kappa shape index (κ1) is 12.2. The third kappa shape index (κ3) is 2.71. The summed E-state index contributed by atoms with van der Waals surface area (Å²) in [5.74, 6) is -0.791. The van der Waals surface area contributed by atoms with Crippen LogP contribution in [0.3, 0.4) is 0 Å². The van der Waals surface area contributed by atoms with Crippen molar-refractivity contribution in [3.8, 4) is 0 Å². The second kappa shape index (κ2) is 5.40. The van der Waals surface area contributed by atoms with Crippen molar-refractivity contribution in [2.24, 2.45) is 0 Å². The molecule has 0 fully saturated rings. The minimum atomic E-state index is -0.501. The highest BCUT2D eigenvalue weighted by Crippen LogP contribution is 2.20. The van der Waals surface area contributed by atoms with Crippen molar-refractivity contribution in [3.05, 3.63) is 59.7 Å². The van der Waals surface area contributed by atoms with Crippen LogP contribution in [0.5, 0.6) is 0 Å². The standard InChI is InChI=1S/C14H13FN2O/c1-10(18)14-12(15)5-2-6-13(14)17-9-11-4-3-7-16-8-11/h2-8,17H,9H2,1H3. The second-order valence-electron chi connectivity index (χ2n) is 3.93. The molecule has 0 amide bonds. The number of aromatic nitrogens is 1. The molecule has 0 bridgehead atoms. The third-order valence-electron chi connectivity index (χ3n) is 2.57. The van der Waals surface area contributed by atoms with Crippen molar-refractivity contribution in [3.63, 3.8) is 0 Å². The van der Waals surface area contributed by atoms with Crippen LogP contribution in [0.25, 0.3) is 0 Å². The lowest BCUT2D eigenvalue weighted by Crippen LogP contribution is -2.07. The van der Waals surface area contributed by atoms with Gasteiger partial charge in [-0.15, -0.1) is 0 Å². The fourth-order valence-electron chi connectivity index (χ4n) is 1.73. The van der Waals surface area contributed by atoms with Crippen molar-refractivity contribution >= 4 is 11.5 Å². The highest BCUT2D eigenvalue weighted by Gasteiger charge is 2.12. The van der Waals surface area contributed by atoms with Crippen molar-refractivity contribution in [1.82, 2.24) is 4.98 Å². The summed E-state index contributed by atoms with van der Waals surface area (Å²) in [5, 5.41) is 3.05. The van der Waals surface area contributed by atoms with Crippen LogP contribution in [0, 0.1) is 5.82 Å². The van der Waals surface area contributed by atoms with Gasteiger partial charge in [-0.1, -0.05) is 12.1 Å². The summed E-state index contributed by atoms with van der Waals surface area (Å²) in [6, 6.07) is 8.29. The summed E-state index contributed by atoms with van der Waals surface area (Å²) in [5.41, 5.74) is 1.57. The number of anilines is 1. The molecule has 18 heavy (non-hydrogen) atoms. The van der Waals surface area contributed by atoms with Gasteiger partial charge >= 0.3 is 0 Å². The summed E-state index contributed by atoms with van der Waals surface area (Å²) in [7, 11) is 0. The predicted octanol–water partition coefficient (Wildman–Crippen LogP) is 3.04. The Kier molecular flexibility index (Phi) is 3.67. The van der Waals surface area contributed by atoms with Gasteiger partial charge in [0.25, 0.3) is 0 Å². The lowest BCUT2D eigenvalue weighted by Gasteiger charge is -2.10. The first-order valence-corrected chi connectivity index (χ1v) is 5.60. The molecule has 2 aromatic rings. The number of carbonyl (C=O) groups is 1. The molecule has 0 aliphatic heterocycles. The zero-order valence-electron chi connectivity index (χ0n) is 9.98. The van der Waals surface area contributed by atoms with E-state index in [-0.39, 0.29) is 11.3 Å². The molecule has 0 spiro atoms. The highest BCUT2D eigenvalue weighted by atomic mass is 19.1. The van der Waals surface area contributed by atoms with E-state index in [0.29, 0.717) is 12.2 Å². The van der Waals surface area contributed by atoms with E-state index in [1.165, 1.54) is 13.0 Å². The summed E-state index contributed by atoms with van der Waals surface area (Å²) < 4.78 is 13.6. The van der Waals surface area contributed by atoms with Gasteiger partial charge in [0.2, 0.25) is 0 Å². The Bertz CT molecular complexity index is 555. The molecule has 0 atom stereocenters. The summed E-state index contributed by atoms with van der Waals surface area (Å²) in [6.45, 7) is 1.85. The zero-order chi connectivity index (χ0) is 13.0. The van der Waals surface area contributed by atoms with Crippen molar-refractivity contribution in [2.45, 2.75) is 13.5 Å². The number of nitrogens with zero attached hydrogens (tertiary/aromatic N) is 1. The maximum Gasteiger partial charge on any atom is 0.164 e. The van der Waals surface area contributed by atoms with Gasteiger partial charge in [0.15, 0.2) is 5.78 Å². The van der Waals surface area contributed by atoms with Crippen LogP contribution in [-0.2, 0) is 6.54 Å². The largest absolute Gasteiger partial charge is 0.380 e. The van der Waals surface area contributed by atoms with Crippen LogP contribution >= 0.6 is 0 Å². The Labute approximate surface area is 105 Å². The lowest BCUT2D eigenvalue weighted by atomic mass is 10.1. The van der Waals surface area contributed by atoms with Gasteiger partial charge in [-0.3, -0.25) is 9.78 Å². The summed E-state index contributed by atoms with van der Waals surface area (Å²) in [6.07, 6.45) is 3.41. The molecule has 1 N–H and O–H groups in total. The maximum atomic E-state index is 13.6. The zero-order valence-corrected chi connectivity index (χ0v) is 9.98. The van der Waals surface area contributed by atoms with Crippen LogP contribution in [0.1, 0.15) is 22.8 Å². The van der Waals surface area contributed by atoms with Gasteiger partial charge in [0.1, 0.15) is 5.82 Å². The van der Waals surface area contributed by atoms with E-state index < -0.39 is 5.82 Å². The monoisotopic (exact) mass is 244 g/mol. The first-order valence-electron chi connectivity index (χ1n) is 5.60. The molecule has 1 heterocycles. The Morgan fingerprint density at radius 2 is 2.17 bits per heavy atom. The van der Waals surface area contributed by atoms with E-state index in [0.717, 1.165) is 5.56 Å². The van der Waals surface area contributed by atoms with Gasteiger partial charge in [-0.2, -0.15) is 0 Å². The van der Waals surface area contributed by atoms with Crippen molar-refractivity contribution in [1.29, 1.82) is 0 Å². The smallest absolute Gasteiger partial charge is 0.164 e. The van der Waals surface area contributed by atoms with Gasteiger partial charge in [-0.25, -0.2) is 4.39 Å². The van der Waals surface area contributed by atoms with Crippen LogP contribution in [0.15, 0.2) is 42.7 Å². The summed E-state index contributed by atoms with van der Waals surface area (Å²) in [4.78, 5) is 15.4. The lowest BCUT2D eigenvalue weighted by molar-refractivity contribution is 0.101. The van der Waals surface area contributed by atoms with Gasteiger partial charge in [-0.05, 0) is 30.7 Å². The van der Waals surface area contributed by atoms with E-state index in [1.54, 1.807) is 24.5 Å². The first-order chi connectivity index (χ1) is 8.68. The van der Waals surface area contributed by atoms with E-state index >= 15 is 0 Å². The molecule has 0 radical (unpaired) electrons. The SMILES string of the molecule is CC(=O)c1c(F)cccc1NCc1cccnc1. The Morgan fingerprint density at radius 3 is 2.83 bits per heavy atom. The minimum absolute atomic E-state index is 0.0985. The average Bonchev–Trinajstić information content (AvgIpc) is 2.37. The number of benzene rings is 1. The van der Waals surface area contributed by atoms with Crippen LogP contribution < -0.4 is 5.32 Å². The molecule has 0 unspecified atom stereocenters. The van der Waals surface area contributed by atoms with Gasteiger partial charge < -0.3 is 5.32 Å². The van der Waals surface area contributed by atoms with E-state index in [1.807, 2.05) is 12.1 Å².